The molecule has 1 heterocycles. The standard InChI is InChI=1S/C18H29N3O3.2ClH/c1-21(2)12-13-24-16-6-4-15(5-7-16)20-17(22)18(14-23-3)8-10-19-11-9-18;;/h4-7,19H,8-14H2,1-3H3,(H,20,22);2*1H. The van der Waals surface area contributed by atoms with E-state index in [4.69, 9.17) is 9.47 Å². The summed E-state index contributed by atoms with van der Waals surface area (Å²) in [6.45, 7) is 3.64. The van der Waals surface area contributed by atoms with Crippen LogP contribution in [0, 0.1) is 5.41 Å². The maximum absolute atomic E-state index is 12.8. The molecule has 0 saturated carbocycles. The van der Waals surface area contributed by atoms with Crippen LogP contribution in [0.3, 0.4) is 0 Å². The van der Waals surface area contributed by atoms with Crippen LogP contribution in [-0.4, -0.2) is 64.9 Å². The van der Waals surface area contributed by atoms with Gasteiger partial charge in [-0.2, -0.15) is 0 Å². The number of carbonyl (C=O) groups excluding carboxylic acids is 1. The fraction of sp³-hybridized carbons (Fsp3) is 0.611. The van der Waals surface area contributed by atoms with Crippen molar-refractivity contribution in [1.29, 1.82) is 0 Å². The Hall–Kier alpha value is -1.05. The summed E-state index contributed by atoms with van der Waals surface area (Å²) in [4.78, 5) is 14.8. The van der Waals surface area contributed by atoms with Gasteiger partial charge in [-0.25, -0.2) is 0 Å². The highest BCUT2D eigenvalue weighted by Crippen LogP contribution is 2.31. The first-order valence-electron chi connectivity index (χ1n) is 8.44. The second-order valence-electron chi connectivity index (χ2n) is 6.59. The molecule has 26 heavy (non-hydrogen) atoms. The predicted molar refractivity (Wildman–Crippen MR) is 110 cm³/mol. The summed E-state index contributed by atoms with van der Waals surface area (Å²) in [6.07, 6.45) is 1.58. The molecular formula is C18H31Cl2N3O3. The lowest BCUT2D eigenvalue weighted by molar-refractivity contribution is -0.130. The smallest absolute Gasteiger partial charge is 0.233 e. The number of likely N-dealkylation sites (N-methyl/N-ethyl adjacent to an activating group) is 1. The van der Waals surface area contributed by atoms with E-state index >= 15 is 0 Å². The first-order valence-corrected chi connectivity index (χ1v) is 8.44. The molecule has 1 aromatic rings. The largest absolute Gasteiger partial charge is 0.492 e. The molecule has 0 spiro atoms. The highest BCUT2D eigenvalue weighted by molar-refractivity contribution is 5.95. The van der Waals surface area contributed by atoms with Gasteiger partial charge in [-0.3, -0.25) is 4.79 Å². The summed E-state index contributed by atoms with van der Waals surface area (Å²) in [5, 5.41) is 6.32. The number of anilines is 1. The number of amides is 1. The van der Waals surface area contributed by atoms with Crippen LogP contribution in [0.4, 0.5) is 5.69 Å². The van der Waals surface area contributed by atoms with Gasteiger partial charge in [0.1, 0.15) is 12.4 Å². The van der Waals surface area contributed by atoms with E-state index in [1.54, 1.807) is 7.11 Å². The Kier molecular flexibility index (Phi) is 11.9. The zero-order chi connectivity index (χ0) is 17.4. The van der Waals surface area contributed by atoms with Crippen LogP contribution >= 0.6 is 24.8 Å². The van der Waals surface area contributed by atoms with E-state index in [0.717, 1.165) is 43.9 Å². The van der Waals surface area contributed by atoms with E-state index in [1.807, 2.05) is 38.4 Å². The molecule has 0 aliphatic carbocycles. The topological polar surface area (TPSA) is 62.8 Å². The fourth-order valence-electron chi connectivity index (χ4n) is 2.86. The van der Waals surface area contributed by atoms with Gasteiger partial charge in [0.05, 0.1) is 12.0 Å². The van der Waals surface area contributed by atoms with Crippen LogP contribution in [0.25, 0.3) is 0 Å². The number of nitrogens with one attached hydrogen (secondary N) is 2. The molecule has 0 radical (unpaired) electrons. The summed E-state index contributed by atoms with van der Waals surface area (Å²) in [5.74, 6) is 0.843. The van der Waals surface area contributed by atoms with Gasteiger partial charge in [-0.1, -0.05) is 0 Å². The van der Waals surface area contributed by atoms with Gasteiger partial charge in [-0.05, 0) is 64.3 Å². The Labute approximate surface area is 168 Å². The number of ether oxygens (including phenoxy) is 2. The van der Waals surface area contributed by atoms with Crippen molar-refractivity contribution in [2.45, 2.75) is 12.8 Å². The molecule has 6 nitrogen and oxygen atoms in total. The second-order valence-corrected chi connectivity index (χ2v) is 6.59. The lowest BCUT2D eigenvalue weighted by Crippen LogP contribution is -2.47. The third-order valence-electron chi connectivity index (χ3n) is 4.38. The average molecular weight is 408 g/mol. The monoisotopic (exact) mass is 407 g/mol. The molecule has 1 amide bonds. The SMILES string of the molecule is COCC1(C(=O)Nc2ccc(OCCN(C)C)cc2)CCNCC1.Cl.Cl. The van der Waals surface area contributed by atoms with Crippen LogP contribution in [0.1, 0.15) is 12.8 Å². The van der Waals surface area contributed by atoms with Gasteiger partial charge in [0.25, 0.3) is 0 Å². The molecule has 2 rings (SSSR count). The molecule has 1 aromatic carbocycles. The number of hydrogen-bond acceptors (Lipinski definition) is 5. The highest BCUT2D eigenvalue weighted by atomic mass is 35.5. The van der Waals surface area contributed by atoms with Crippen molar-refractivity contribution in [3.8, 4) is 5.75 Å². The number of carbonyl (C=O) groups is 1. The lowest BCUT2D eigenvalue weighted by Gasteiger charge is -2.35. The number of rotatable bonds is 8. The number of benzene rings is 1. The van der Waals surface area contributed by atoms with Crippen LogP contribution in [0.5, 0.6) is 5.75 Å². The van der Waals surface area contributed by atoms with Crippen molar-refractivity contribution in [2.75, 3.05) is 59.4 Å². The summed E-state index contributed by atoms with van der Waals surface area (Å²) in [6, 6.07) is 7.53. The Morgan fingerprint density at radius 2 is 1.81 bits per heavy atom. The molecule has 1 saturated heterocycles. The summed E-state index contributed by atoms with van der Waals surface area (Å²) >= 11 is 0. The average Bonchev–Trinajstić information content (AvgIpc) is 2.57. The second kappa shape index (κ2) is 12.4. The van der Waals surface area contributed by atoms with Crippen molar-refractivity contribution in [1.82, 2.24) is 10.2 Å². The lowest BCUT2D eigenvalue weighted by atomic mass is 9.78. The first kappa shape index (κ1) is 24.9. The van der Waals surface area contributed by atoms with E-state index in [0.29, 0.717) is 13.2 Å². The molecular weight excluding hydrogens is 377 g/mol. The Bertz CT molecular complexity index is 515. The zero-order valence-electron chi connectivity index (χ0n) is 15.7. The third kappa shape index (κ3) is 7.29. The first-order chi connectivity index (χ1) is 11.6. The van der Waals surface area contributed by atoms with Crippen molar-refractivity contribution in [2.24, 2.45) is 5.41 Å². The molecule has 1 aliphatic heterocycles. The molecule has 2 N–H and O–H groups in total. The van der Waals surface area contributed by atoms with Crippen molar-refractivity contribution in [3.05, 3.63) is 24.3 Å². The number of hydrogen-bond donors (Lipinski definition) is 2. The van der Waals surface area contributed by atoms with Crippen molar-refractivity contribution in [3.63, 3.8) is 0 Å². The summed E-state index contributed by atoms with van der Waals surface area (Å²) in [7, 11) is 5.67. The van der Waals surface area contributed by atoms with E-state index in [2.05, 4.69) is 15.5 Å². The Morgan fingerprint density at radius 3 is 2.35 bits per heavy atom. The van der Waals surface area contributed by atoms with E-state index in [9.17, 15) is 4.79 Å². The number of halogens is 2. The number of nitrogens with zero attached hydrogens (tertiary/aromatic N) is 1. The Morgan fingerprint density at radius 1 is 1.19 bits per heavy atom. The fourth-order valence-corrected chi connectivity index (χ4v) is 2.86. The quantitative estimate of drug-likeness (QED) is 0.692. The van der Waals surface area contributed by atoms with Gasteiger partial charge in [-0.15, -0.1) is 24.8 Å². The van der Waals surface area contributed by atoms with Gasteiger partial charge in [0.15, 0.2) is 0 Å². The van der Waals surface area contributed by atoms with E-state index < -0.39 is 5.41 Å². The van der Waals surface area contributed by atoms with Gasteiger partial charge in [0.2, 0.25) is 5.91 Å². The van der Waals surface area contributed by atoms with Gasteiger partial charge < -0.3 is 25.0 Å². The van der Waals surface area contributed by atoms with Crippen LogP contribution in [-0.2, 0) is 9.53 Å². The third-order valence-corrected chi connectivity index (χ3v) is 4.38. The molecule has 1 aliphatic rings. The molecule has 150 valence electrons. The minimum atomic E-state index is -0.444. The van der Waals surface area contributed by atoms with Gasteiger partial charge in [0, 0.05) is 19.3 Å². The minimum absolute atomic E-state index is 0. The van der Waals surface area contributed by atoms with Crippen molar-refractivity contribution >= 4 is 36.4 Å². The van der Waals surface area contributed by atoms with E-state index in [1.165, 1.54) is 0 Å². The highest BCUT2D eigenvalue weighted by Gasteiger charge is 2.39. The molecule has 0 atom stereocenters. The zero-order valence-corrected chi connectivity index (χ0v) is 17.4. The van der Waals surface area contributed by atoms with Gasteiger partial charge >= 0.3 is 0 Å². The van der Waals surface area contributed by atoms with Crippen LogP contribution in [0.2, 0.25) is 0 Å². The predicted octanol–water partition coefficient (Wildman–Crippen LogP) is 2.43. The molecule has 0 bridgehead atoms. The summed E-state index contributed by atoms with van der Waals surface area (Å²) < 4.78 is 11.0. The van der Waals surface area contributed by atoms with Crippen LogP contribution in [0.15, 0.2) is 24.3 Å². The van der Waals surface area contributed by atoms with E-state index in [-0.39, 0.29) is 30.7 Å². The molecule has 0 unspecified atom stereocenters. The van der Waals surface area contributed by atoms with Crippen molar-refractivity contribution < 1.29 is 14.3 Å². The minimum Gasteiger partial charge on any atom is -0.492 e. The summed E-state index contributed by atoms with van der Waals surface area (Å²) in [5.41, 5.74) is 0.343. The molecule has 0 aromatic heterocycles. The number of piperidine rings is 1. The van der Waals surface area contributed by atoms with Crippen LogP contribution < -0.4 is 15.4 Å². The number of methoxy groups -OCH3 is 1. The maximum Gasteiger partial charge on any atom is 0.233 e. The maximum atomic E-state index is 12.8. The Balaban J connectivity index is 0.00000312. The molecule has 8 heteroatoms. The molecule has 1 fully saturated rings. The normalized spacial score (nSPS) is 15.5.